The van der Waals surface area contributed by atoms with Crippen LogP contribution in [0.3, 0.4) is 0 Å². The van der Waals surface area contributed by atoms with Gasteiger partial charge in [0.2, 0.25) is 0 Å². The normalized spacial score (nSPS) is 10.8. The second-order valence-corrected chi connectivity index (χ2v) is 6.71. The number of hydrogen-bond donors (Lipinski definition) is 2. The Morgan fingerprint density at radius 2 is 1.81 bits per heavy atom. The molecule has 0 aliphatic heterocycles. The van der Waals surface area contributed by atoms with Crippen LogP contribution in [0.5, 0.6) is 5.75 Å². The third-order valence-corrected chi connectivity index (χ3v) is 4.95. The summed E-state index contributed by atoms with van der Waals surface area (Å²) in [4.78, 5) is 16.8. The second kappa shape index (κ2) is 6.57. The lowest BCUT2D eigenvalue weighted by Gasteiger charge is -2.08. The van der Waals surface area contributed by atoms with E-state index in [0.29, 0.717) is 21.8 Å². The number of aromatic hydroxyl groups is 1. The lowest BCUT2D eigenvalue weighted by atomic mass is 10.1. The Bertz CT molecular complexity index is 1070. The summed E-state index contributed by atoms with van der Waals surface area (Å²) < 4.78 is 14.0. The molecule has 3 aromatic carbocycles. The van der Waals surface area contributed by atoms with Crippen molar-refractivity contribution < 1.29 is 14.3 Å². The molecule has 0 saturated heterocycles. The molecular weight excluding hydrogens is 351 g/mol. The Balaban J connectivity index is 1.65. The third kappa shape index (κ3) is 3.14. The molecule has 4 rings (SSSR count). The van der Waals surface area contributed by atoms with Crippen molar-refractivity contribution in [3.05, 3.63) is 78.1 Å². The number of anilines is 1. The molecule has 1 amide bonds. The minimum atomic E-state index is -0.399. The van der Waals surface area contributed by atoms with Crippen molar-refractivity contribution in [1.29, 1.82) is 0 Å². The van der Waals surface area contributed by atoms with Crippen LogP contribution in [0.1, 0.15) is 10.4 Å². The number of halogens is 1. The Hall–Kier alpha value is -3.25. The molecule has 0 aliphatic carbocycles. The first kappa shape index (κ1) is 16.2. The number of rotatable bonds is 3. The van der Waals surface area contributed by atoms with Crippen molar-refractivity contribution in [2.45, 2.75) is 0 Å². The van der Waals surface area contributed by atoms with Crippen LogP contribution in [0, 0.1) is 5.82 Å². The molecule has 0 radical (unpaired) electrons. The Kier molecular flexibility index (Phi) is 4.10. The Morgan fingerprint density at radius 3 is 2.58 bits per heavy atom. The highest BCUT2D eigenvalue weighted by molar-refractivity contribution is 7.21. The standard InChI is InChI=1S/C20H13FN2O2S/c21-13-7-5-12(6-8-13)19(25)22-14-9-10-17(24)15(11-14)20-23-16-3-1-2-4-18(16)26-20/h1-11,24H,(H,22,25). The van der Waals surface area contributed by atoms with Crippen molar-refractivity contribution >= 4 is 33.1 Å². The average Bonchev–Trinajstić information content (AvgIpc) is 3.07. The van der Waals surface area contributed by atoms with Gasteiger partial charge in [-0.3, -0.25) is 4.79 Å². The van der Waals surface area contributed by atoms with E-state index in [0.717, 1.165) is 10.2 Å². The molecule has 0 fully saturated rings. The second-order valence-electron chi connectivity index (χ2n) is 5.68. The molecule has 0 atom stereocenters. The van der Waals surface area contributed by atoms with Gasteiger partial charge in [0.05, 0.1) is 15.8 Å². The highest BCUT2D eigenvalue weighted by atomic mass is 32.1. The number of phenols is 1. The van der Waals surface area contributed by atoms with E-state index in [9.17, 15) is 14.3 Å². The molecule has 0 aliphatic rings. The highest BCUT2D eigenvalue weighted by Gasteiger charge is 2.13. The fourth-order valence-electron chi connectivity index (χ4n) is 2.58. The minimum absolute atomic E-state index is 0.0869. The number of carbonyl (C=O) groups is 1. The number of thiazole rings is 1. The van der Waals surface area contributed by atoms with Crippen LogP contribution < -0.4 is 5.32 Å². The molecule has 26 heavy (non-hydrogen) atoms. The van der Waals surface area contributed by atoms with E-state index in [1.54, 1.807) is 12.1 Å². The molecule has 1 heterocycles. The maximum Gasteiger partial charge on any atom is 0.255 e. The van der Waals surface area contributed by atoms with Gasteiger partial charge < -0.3 is 10.4 Å². The summed E-state index contributed by atoms with van der Waals surface area (Å²) >= 11 is 1.46. The van der Waals surface area contributed by atoms with Crippen LogP contribution >= 0.6 is 11.3 Å². The maximum atomic E-state index is 13.0. The Morgan fingerprint density at radius 1 is 1.04 bits per heavy atom. The van der Waals surface area contributed by atoms with Gasteiger partial charge in [-0.05, 0) is 54.6 Å². The van der Waals surface area contributed by atoms with Crippen molar-refractivity contribution in [1.82, 2.24) is 4.98 Å². The molecule has 0 unspecified atom stereocenters. The molecule has 1 aromatic heterocycles. The SMILES string of the molecule is O=C(Nc1ccc(O)c(-c2nc3ccccc3s2)c1)c1ccc(F)cc1. The van der Waals surface area contributed by atoms with Gasteiger partial charge in [0.15, 0.2) is 0 Å². The van der Waals surface area contributed by atoms with Gasteiger partial charge in [-0.15, -0.1) is 11.3 Å². The zero-order valence-electron chi connectivity index (χ0n) is 13.4. The van der Waals surface area contributed by atoms with Gasteiger partial charge in [0, 0.05) is 11.3 Å². The number of para-hydroxylation sites is 1. The summed E-state index contributed by atoms with van der Waals surface area (Å²) in [6, 6.07) is 17.8. The monoisotopic (exact) mass is 364 g/mol. The van der Waals surface area contributed by atoms with Crippen LogP contribution in [0.25, 0.3) is 20.8 Å². The number of hydrogen-bond acceptors (Lipinski definition) is 4. The van der Waals surface area contributed by atoms with Gasteiger partial charge >= 0.3 is 0 Å². The number of benzene rings is 3. The van der Waals surface area contributed by atoms with E-state index >= 15 is 0 Å². The third-order valence-electron chi connectivity index (χ3n) is 3.89. The first-order valence-corrected chi connectivity index (χ1v) is 8.68. The molecule has 128 valence electrons. The first-order chi connectivity index (χ1) is 12.6. The van der Waals surface area contributed by atoms with Crippen LogP contribution in [-0.4, -0.2) is 16.0 Å². The van der Waals surface area contributed by atoms with E-state index in [2.05, 4.69) is 10.3 Å². The number of carbonyl (C=O) groups excluding carboxylic acids is 1. The van der Waals surface area contributed by atoms with E-state index in [-0.39, 0.29) is 11.7 Å². The fourth-order valence-corrected chi connectivity index (χ4v) is 3.57. The molecule has 2 N–H and O–H groups in total. The molecule has 4 nitrogen and oxygen atoms in total. The summed E-state index contributed by atoms with van der Waals surface area (Å²) in [5, 5.41) is 13.6. The number of fused-ring (bicyclic) bond motifs is 1. The largest absolute Gasteiger partial charge is 0.507 e. The number of amides is 1. The highest BCUT2D eigenvalue weighted by Crippen LogP contribution is 2.36. The zero-order chi connectivity index (χ0) is 18.1. The van der Waals surface area contributed by atoms with E-state index in [1.165, 1.54) is 41.7 Å². The topological polar surface area (TPSA) is 62.2 Å². The minimum Gasteiger partial charge on any atom is -0.507 e. The van der Waals surface area contributed by atoms with Gasteiger partial charge in [-0.2, -0.15) is 0 Å². The smallest absolute Gasteiger partial charge is 0.255 e. The Labute approximate surface area is 152 Å². The number of nitrogens with one attached hydrogen (secondary N) is 1. The predicted molar refractivity (Wildman–Crippen MR) is 101 cm³/mol. The van der Waals surface area contributed by atoms with Crippen molar-refractivity contribution in [3.8, 4) is 16.3 Å². The summed E-state index contributed by atoms with van der Waals surface area (Å²) in [5.41, 5.74) is 2.27. The van der Waals surface area contributed by atoms with E-state index in [1.807, 2.05) is 24.3 Å². The average molecular weight is 364 g/mol. The maximum absolute atomic E-state index is 13.0. The quantitative estimate of drug-likeness (QED) is 0.500. The lowest BCUT2D eigenvalue weighted by Crippen LogP contribution is -2.11. The van der Waals surface area contributed by atoms with Crippen LogP contribution in [-0.2, 0) is 0 Å². The molecule has 0 saturated carbocycles. The van der Waals surface area contributed by atoms with Crippen LogP contribution in [0.2, 0.25) is 0 Å². The lowest BCUT2D eigenvalue weighted by molar-refractivity contribution is 0.102. The van der Waals surface area contributed by atoms with Gasteiger partial charge in [-0.1, -0.05) is 12.1 Å². The van der Waals surface area contributed by atoms with E-state index in [4.69, 9.17) is 0 Å². The molecule has 0 bridgehead atoms. The summed E-state index contributed by atoms with van der Waals surface area (Å²) in [7, 11) is 0. The van der Waals surface area contributed by atoms with E-state index < -0.39 is 5.82 Å². The fraction of sp³-hybridized carbons (Fsp3) is 0. The van der Waals surface area contributed by atoms with Crippen molar-refractivity contribution in [3.63, 3.8) is 0 Å². The zero-order valence-corrected chi connectivity index (χ0v) is 14.3. The van der Waals surface area contributed by atoms with Gasteiger partial charge in [-0.25, -0.2) is 9.37 Å². The molecule has 6 heteroatoms. The molecule has 4 aromatic rings. The molecule has 0 spiro atoms. The van der Waals surface area contributed by atoms with Crippen LogP contribution in [0.15, 0.2) is 66.7 Å². The van der Waals surface area contributed by atoms with Gasteiger partial charge in [0.25, 0.3) is 5.91 Å². The molecular formula is C20H13FN2O2S. The van der Waals surface area contributed by atoms with Crippen LogP contribution in [0.4, 0.5) is 10.1 Å². The van der Waals surface area contributed by atoms with Crippen molar-refractivity contribution in [2.75, 3.05) is 5.32 Å². The van der Waals surface area contributed by atoms with Crippen molar-refractivity contribution in [2.24, 2.45) is 0 Å². The van der Waals surface area contributed by atoms with Gasteiger partial charge in [0.1, 0.15) is 16.6 Å². The number of phenolic OH excluding ortho intramolecular Hbond substituents is 1. The predicted octanol–water partition coefficient (Wildman–Crippen LogP) is 5.06. The first-order valence-electron chi connectivity index (χ1n) is 7.86. The summed E-state index contributed by atoms with van der Waals surface area (Å²) in [5.74, 6) is -0.668. The number of aromatic nitrogens is 1. The summed E-state index contributed by atoms with van der Waals surface area (Å²) in [6.07, 6.45) is 0. The number of nitrogens with zero attached hydrogens (tertiary/aromatic N) is 1. The summed E-state index contributed by atoms with van der Waals surface area (Å²) in [6.45, 7) is 0.